The summed E-state index contributed by atoms with van der Waals surface area (Å²) in [4.78, 5) is 28.6. The molecule has 0 bridgehead atoms. The fraction of sp³-hybridized carbons (Fsp3) is 0.476. The van der Waals surface area contributed by atoms with Crippen LogP contribution in [0.15, 0.2) is 42.7 Å². The third-order valence-corrected chi connectivity index (χ3v) is 4.50. The van der Waals surface area contributed by atoms with Gasteiger partial charge in [0.1, 0.15) is 5.60 Å². The van der Waals surface area contributed by atoms with Gasteiger partial charge in [-0.15, -0.1) is 0 Å². The van der Waals surface area contributed by atoms with Crippen molar-refractivity contribution in [3.05, 3.63) is 53.9 Å². The average molecular weight is 384 g/mol. The van der Waals surface area contributed by atoms with Crippen molar-refractivity contribution in [3.63, 3.8) is 0 Å². The minimum absolute atomic E-state index is 0.0506. The molecule has 1 aliphatic heterocycles. The summed E-state index contributed by atoms with van der Waals surface area (Å²) in [5.41, 5.74) is 1.18. The van der Waals surface area contributed by atoms with E-state index in [1.807, 2.05) is 51.1 Å². The Hall–Kier alpha value is -2.83. The molecule has 1 aliphatic rings. The van der Waals surface area contributed by atoms with E-state index in [-0.39, 0.29) is 12.0 Å². The van der Waals surface area contributed by atoms with Crippen molar-refractivity contribution in [1.29, 1.82) is 0 Å². The zero-order valence-electron chi connectivity index (χ0n) is 16.8. The molecule has 0 unspecified atom stereocenters. The summed E-state index contributed by atoms with van der Waals surface area (Å²) in [6.45, 7) is 8.35. The fourth-order valence-corrected chi connectivity index (χ4v) is 3.14. The van der Waals surface area contributed by atoms with E-state index in [1.54, 1.807) is 26.9 Å². The molecule has 2 aromatic rings. The van der Waals surface area contributed by atoms with Crippen LogP contribution in [0.5, 0.6) is 0 Å². The Kier molecular flexibility index (Phi) is 6.02. The standard InChI is InChI=1S/C21H28N4O3/c1-21(2,3)28-20(27)24-11-7-10-23(12-13-24)19(26)18-14-22-25(16-18)15-17-8-5-4-6-9-17/h4-6,8-9,14,16H,7,10-13,15H2,1-3H3. The summed E-state index contributed by atoms with van der Waals surface area (Å²) in [6.07, 6.45) is 3.80. The summed E-state index contributed by atoms with van der Waals surface area (Å²) in [5.74, 6) is -0.0506. The molecule has 2 amide bonds. The average Bonchev–Trinajstić information content (AvgIpc) is 2.95. The first-order valence-corrected chi connectivity index (χ1v) is 9.65. The molecule has 28 heavy (non-hydrogen) atoms. The summed E-state index contributed by atoms with van der Waals surface area (Å²) in [7, 11) is 0. The minimum Gasteiger partial charge on any atom is -0.444 e. The number of nitrogens with zero attached hydrogens (tertiary/aromatic N) is 4. The number of ether oxygens (including phenoxy) is 1. The van der Waals surface area contributed by atoms with Crippen molar-refractivity contribution in [2.75, 3.05) is 26.2 Å². The van der Waals surface area contributed by atoms with Crippen LogP contribution in [0.1, 0.15) is 43.1 Å². The molecule has 3 rings (SSSR count). The van der Waals surface area contributed by atoms with Crippen LogP contribution >= 0.6 is 0 Å². The summed E-state index contributed by atoms with van der Waals surface area (Å²) < 4.78 is 7.21. The summed E-state index contributed by atoms with van der Waals surface area (Å²) in [6, 6.07) is 10.0. The quantitative estimate of drug-likeness (QED) is 0.816. The molecule has 2 heterocycles. The van der Waals surface area contributed by atoms with Gasteiger partial charge in [0, 0.05) is 32.4 Å². The predicted molar refractivity (Wildman–Crippen MR) is 106 cm³/mol. The number of benzene rings is 1. The van der Waals surface area contributed by atoms with E-state index >= 15 is 0 Å². The van der Waals surface area contributed by atoms with Crippen LogP contribution in [0.25, 0.3) is 0 Å². The van der Waals surface area contributed by atoms with Gasteiger partial charge in [0.2, 0.25) is 0 Å². The number of aromatic nitrogens is 2. The highest BCUT2D eigenvalue weighted by Gasteiger charge is 2.26. The highest BCUT2D eigenvalue weighted by Crippen LogP contribution is 2.14. The first-order chi connectivity index (χ1) is 13.3. The Morgan fingerprint density at radius 1 is 1.04 bits per heavy atom. The van der Waals surface area contributed by atoms with E-state index < -0.39 is 5.60 Å². The number of hydrogen-bond donors (Lipinski definition) is 0. The third-order valence-electron chi connectivity index (χ3n) is 4.50. The molecule has 0 spiro atoms. The molecule has 1 fully saturated rings. The molecule has 7 nitrogen and oxygen atoms in total. The largest absolute Gasteiger partial charge is 0.444 e. The molecule has 0 saturated carbocycles. The molecular formula is C21H28N4O3. The van der Waals surface area contributed by atoms with Gasteiger partial charge in [0.25, 0.3) is 5.91 Å². The Morgan fingerprint density at radius 2 is 1.71 bits per heavy atom. The molecule has 1 aromatic carbocycles. The van der Waals surface area contributed by atoms with Crippen LogP contribution in [0.4, 0.5) is 4.79 Å². The highest BCUT2D eigenvalue weighted by atomic mass is 16.6. The van der Waals surface area contributed by atoms with Crippen LogP contribution in [0, 0.1) is 0 Å². The third kappa shape index (κ3) is 5.34. The molecule has 1 saturated heterocycles. The highest BCUT2D eigenvalue weighted by molar-refractivity contribution is 5.93. The van der Waals surface area contributed by atoms with Crippen molar-refractivity contribution in [2.45, 2.75) is 39.3 Å². The topological polar surface area (TPSA) is 67.7 Å². The van der Waals surface area contributed by atoms with Gasteiger partial charge in [0.05, 0.1) is 18.3 Å². The SMILES string of the molecule is CC(C)(C)OC(=O)N1CCCN(C(=O)c2cnn(Cc3ccccc3)c2)CC1. The maximum Gasteiger partial charge on any atom is 0.410 e. The first-order valence-electron chi connectivity index (χ1n) is 9.65. The molecule has 1 aromatic heterocycles. The zero-order chi connectivity index (χ0) is 20.1. The van der Waals surface area contributed by atoms with Crippen molar-refractivity contribution >= 4 is 12.0 Å². The van der Waals surface area contributed by atoms with Crippen LogP contribution in [0.2, 0.25) is 0 Å². The molecule has 0 aliphatic carbocycles. The maximum atomic E-state index is 12.9. The Labute approximate surface area is 165 Å². The second-order valence-corrected chi connectivity index (χ2v) is 8.03. The number of amides is 2. The van der Waals surface area contributed by atoms with Gasteiger partial charge in [-0.25, -0.2) is 4.79 Å². The van der Waals surface area contributed by atoms with E-state index in [9.17, 15) is 9.59 Å². The lowest BCUT2D eigenvalue weighted by Crippen LogP contribution is -2.40. The van der Waals surface area contributed by atoms with Gasteiger partial charge < -0.3 is 14.5 Å². The van der Waals surface area contributed by atoms with Crippen LogP contribution in [-0.2, 0) is 11.3 Å². The fourth-order valence-electron chi connectivity index (χ4n) is 3.14. The normalized spacial score (nSPS) is 15.2. The number of rotatable bonds is 3. The van der Waals surface area contributed by atoms with Gasteiger partial charge in [-0.3, -0.25) is 9.48 Å². The molecule has 150 valence electrons. The molecule has 0 radical (unpaired) electrons. The molecular weight excluding hydrogens is 356 g/mol. The molecule has 0 N–H and O–H groups in total. The zero-order valence-corrected chi connectivity index (χ0v) is 16.8. The van der Waals surface area contributed by atoms with E-state index in [2.05, 4.69) is 5.10 Å². The van der Waals surface area contributed by atoms with Crippen LogP contribution in [0.3, 0.4) is 0 Å². The Morgan fingerprint density at radius 3 is 2.43 bits per heavy atom. The summed E-state index contributed by atoms with van der Waals surface area (Å²) in [5, 5.41) is 4.32. The minimum atomic E-state index is -0.522. The lowest BCUT2D eigenvalue weighted by Gasteiger charge is -2.26. The van der Waals surface area contributed by atoms with Crippen LogP contribution in [-0.4, -0.2) is 63.4 Å². The van der Waals surface area contributed by atoms with Gasteiger partial charge in [-0.1, -0.05) is 30.3 Å². The molecule has 0 atom stereocenters. The van der Waals surface area contributed by atoms with Crippen molar-refractivity contribution < 1.29 is 14.3 Å². The monoisotopic (exact) mass is 384 g/mol. The second-order valence-electron chi connectivity index (χ2n) is 8.03. The van der Waals surface area contributed by atoms with E-state index in [4.69, 9.17) is 4.74 Å². The smallest absolute Gasteiger partial charge is 0.410 e. The number of hydrogen-bond acceptors (Lipinski definition) is 4. The Balaban J connectivity index is 1.58. The van der Waals surface area contributed by atoms with E-state index in [0.717, 1.165) is 12.0 Å². The predicted octanol–water partition coefficient (Wildman–Crippen LogP) is 3.01. The second kappa shape index (κ2) is 8.46. The van der Waals surface area contributed by atoms with E-state index in [1.165, 1.54) is 0 Å². The lowest BCUT2D eigenvalue weighted by atomic mass is 10.2. The van der Waals surface area contributed by atoms with Crippen molar-refractivity contribution in [2.24, 2.45) is 0 Å². The van der Waals surface area contributed by atoms with E-state index in [0.29, 0.717) is 38.3 Å². The van der Waals surface area contributed by atoms with Crippen molar-refractivity contribution in [1.82, 2.24) is 19.6 Å². The van der Waals surface area contributed by atoms with Gasteiger partial charge >= 0.3 is 6.09 Å². The number of carbonyl (C=O) groups excluding carboxylic acids is 2. The lowest BCUT2D eigenvalue weighted by molar-refractivity contribution is 0.0255. The van der Waals surface area contributed by atoms with Crippen molar-refractivity contribution in [3.8, 4) is 0 Å². The van der Waals surface area contributed by atoms with Gasteiger partial charge in [0.15, 0.2) is 0 Å². The summed E-state index contributed by atoms with van der Waals surface area (Å²) >= 11 is 0. The first kappa shape index (κ1) is 19.9. The van der Waals surface area contributed by atoms with Gasteiger partial charge in [-0.05, 0) is 32.8 Å². The Bertz CT molecular complexity index is 811. The number of carbonyl (C=O) groups is 2. The van der Waals surface area contributed by atoms with Crippen LogP contribution < -0.4 is 0 Å². The molecule has 7 heteroatoms. The van der Waals surface area contributed by atoms with Gasteiger partial charge in [-0.2, -0.15) is 5.10 Å². The maximum absolute atomic E-state index is 12.9.